The van der Waals surface area contributed by atoms with Gasteiger partial charge in [-0.1, -0.05) is 40.2 Å². The number of alkyl halides is 5. The lowest BCUT2D eigenvalue weighted by molar-refractivity contribution is -0.132. The fourth-order valence-corrected chi connectivity index (χ4v) is 11.8. The first-order chi connectivity index (χ1) is 41.1. The van der Waals surface area contributed by atoms with Crippen molar-refractivity contribution >= 4 is 67.5 Å². The molecule has 4 aromatic heterocycles. The molecule has 86 heavy (non-hydrogen) atoms. The maximum absolute atomic E-state index is 13.4. The first-order valence-corrected chi connectivity index (χ1v) is 29.1. The Hall–Kier alpha value is -8.81. The standard InChI is InChI=1S/C32H36F2N8O4.C28H29BrF2N6O3/c1-20-17-39(11-12-41(20)21(2)43)31-35-15-25(16-36-31)23-6-7-26-27(14-23)42(38(4)29(26)44)19-24-13-22(5-8-28(24)46-30(33)34)18-40-10-9-37(3)32(40)45;1-17-15-35(8-9-36(17)18(2)38)28-32-13-22(14-33-28)20-5-6-23-24(11-20)37(34(3)26(23)39)16-21-10-19(12-29)4-7-25(21)40-27(30)31/h5-8,13-16,20,30H,9-12,17-19H2,1-4H3;4-7,10-11,13-14,17,27H,8-9,12,15-16H2,1-3H3/t20-;17-/m11/s1. The Kier molecular flexibility index (Phi) is 17.8. The number of nitrogens with zero attached hydrogens (tertiary/aromatic N) is 14. The molecule has 0 aliphatic carbocycles. The lowest BCUT2D eigenvalue weighted by Gasteiger charge is -2.39. The van der Waals surface area contributed by atoms with Crippen LogP contribution in [0, 0.1) is 0 Å². The van der Waals surface area contributed by atoms with Gasteiger partial charge in [-0.2, -0.15) is 17.6 Å². The van der Waals surface area contributed by atoms with Crippen molar-refractivity contribution in [2.45, 2.75) is 78.0 Å². The summed E-state index contributed by atoms with van der Waals surface area (Å²) in [5.74, 6) is 1.34. The molecule has 3 saturated heterocycles. The molecule has 21 nitrogen and oxygen atoms in total. The third kappa shape index (κ3) is 12.7. The number of carbonyl (C=O) groups is 3. The monoisotopic (exact) mass is 1250 g/mol. The van der Waals surface area contributed by atoms with Gasteiger partial charge in [-0.3, -0.25) is 37.9 Å². The average Bonchev–Trinajstić information content (AvgIpc) is 4.03. The Bertz CT molecular complexity index is 3950. The number of anilines is 2. The van der Waals surface area contributed by atoms with Crippen molar-refractivity contribution in [2.75, 3.05) is 69.2 Å². The summed E-state index contributed by atoms with van der Waals surface area (Å²) in [6, 6.07) is 20.8. The van der Waals surface area contributed by atoms with Gasteiger partial charge in [0.1, 0.15) is 11.5 Å². The number of benzene rings is 4. The van der Waals surface area contributed by atoms with Gasteiger partial charge in [-0.25, -0.2) is 24.7 Å². The number of fused-ring (bicyclic) bond motifs is 2. The largest absolute Gasteiger partial charge is 0.434 e. The number of aromatic nitrogens is 8. The SMILES string of the molecule is CC(=O)N1CCN(c2ncc(-c3ccc4c(=O)n(C)n(Cc5cc(CBr)ccc5OC(F)F)c4c3)cn2)C[C@H]1C.CC(=O)N1CCN(c2ncc(-c3ccc4c(=O)n(C)n(Cc5cc(CN6CCN(C)C6=O)ccc5OC(F)F)c4c3)cn2)C[C@H]1C. The summed E-state index contributed by atoms with van der Waals surface area (Å²) in [6.07, 6.45) is 6.94. The summed E-state index contributed by atoms with van der Waals surface area (Å²) in [5.41, 5.74) is 6.57. The van der Waals surface area contributed by atoms with Crippen LogP contribution in [-0.2, 0) is 48.6 Å². The Labute approximate surface area is 500 Å². The van der Waals surface area contributed by atoms with E-state index in [1.165, 1.54) is 21.5 Å². The van der Waals surface area contributed by atoms with E-state index < -0.39 is 13.2 Å². The van der Waals surface area contributed by atoms with Gasteiger partial charge in [-0.15, -0.1) is 0 Å². The van der Waals surface area contributed by atoms with Crippen molar-refractivity contribution in [3.05, 3.63) is 141 Å². The maximum Gasteiger partial charge on any atom is 0.387 e. The summed E-state index contributed by atoms with van der Waals surface area (Å²) < 4.78 is 69.0. The highest BCUT2D eigenvalue weighted by atomic mass is 79.9. The highest BCUT2D eigenvalue weighted by molar-refractivity contribution is 9.08. The Balaban J connectivity index is 0.000000193. The van der Waals surface area contributed by atoms with E-state index in [-0.39, 0.29) is 65.6 Å². The van der Waals surface area contributed by atoms with E-state index in [0.29, 0.717) is 109 Å². The molecule has 4 amide bonds. The van der Waals surface area contributed by atoms with Crippen LogP contribution in [-0.4, -0.2) is 161 Å². The predicted octanol–water partition coefficient (Wildman–Crippen LogP) is 7.77. The Morgan fingerprint density at radius 3 is 1.37 bits per heavy atom. The molecule has 0 bridgehead atoms. The van der Waals surface area contributed by atoms with Crippen LogP contribution in [0.4, 0.5) is 34.3 Å². The second-order valence-electron chi connectivity index (χ2n) is 21.7. The zero-order chi connectivity index (χ0) is 61.2. The molecule has 11 rings (SSSR count). The van der Waals surface area contributed by atoms with Crippen LogP contribution in [0.5, 0.6) is 11.5 Å². The first-order valence-electron chi connectivity index (χ1n) is 27.9. The van der Waals surface area contributed by atoms with E-state index in [1.807, 2.05) is 47.9 Å². The summed E-state index contributed by atoms with van der Waals surface area (Å²) in [7, 11) is 5.01. The molecule has 452 valence electrons. The molecular weight excluding hydrogens is 1180 g/mol. The molecule has 0 radical (unpaired) electrons. The van der Waals surface area contributed by atoms with Crippen LogP contribution in [0.25, 0.3) is 44.1 Å². The third-order valence-electron chi connectivity index (χ3n) is 16.0. The van der Waals surface area contributed by atoms with Gasteiger partial charge in [-0.05, 0) is 84.6 Å². The first kappa shape index (κ1) is 60.3. The van der Waals surface area contributed by atoms with Crippen molar-refractivity contribution in [3.63, 3.8) is 0 Å². The molecule has 0 saturated carbocycles. The molecule has 4 aromatic carbocycles. The highest BCUT2D eigenvalue weighted by Crippen LogP contribution is 2.31. The normalized spacial score (nSPS) is 16.5. The van der Waals surface area contributed by atoms with Gasteiger partial charge in [0.25, 0.3) is 11.1 Å². The second kappa shape index (κ2) is 25.4. The van der Waals surface area contributed by atoms with Gasteiger partial charge in [0.2, 0.25) is 23.7 Å². The van der Waals surface area contributed by atoms with E-state index in [9.17, 15) is 41.5 Å². The number of hydrogen-bond donors (Lipinski definition) is 0. The van der Waals surface area contributed by atoms with Crippen molar-refractivity contribution in [2.24, 2.45) is 14.1 Å². The molecule has 3 aliphatic rings. The van der Waals surface area contributed by atoms with Crippen LogP contribution >= 0.6 is 15.9 Å². The summed E-state index contributed by atoms with van der Waals surface area (Å²) in [4.78, 5) is 91.8. The van der Waals surface area contributed by atoms with E-state index in [4.69, 9.17) is 9.47 Å². The zero-order valence-corrected chi connectivity index (χ0v) is 50.1. The van der Waals surface area contributed by atoms with Gasteiger partial charge in [0, 0.05) is 158 Å². The number of likely N-dealkylation sites (N-methyl/N-ethyl adjacent to an activating group) is 1. The molecular formula is C60H65BrF4N14O7. The second-order valence-corrected chi connectivity index (χ2v) is 22.3. The van der Waals surface area contributed by atoms with Gasteiger partial charge < -0.3 is 38.9 Å². The van der Waals surface area contributed by atoms with Crippen LogP contribution in [0.15, 0.2) is 107 Å². The van der Waals surface area contributed by atoms with Crippen molar-refractivity contribution in [1.29, 1.82) is 0 Å². The van der Waals surface area contributed by atoms with E-state index in [2.05, 4.69) is 45.7 Å². The zero-order valence-electron chi connectivity index (χ0n) is 48.5. The maximum atomic E-state index is 13.4. The van der Waals surface area contributed by atoms with Crippen LogP contribution < -0.4 is 30.4 Å². The number of ether oxygens (including phenoxy) is 2. The lowest BCUT2D eigenvalue weighted by atomic mass is 10.1. The van der Waals surface area contributed by atoms with Crippen molar-refractivity contribution < 1.29 is 41.4 Å². The Morgan fingerprint density at radius 2 is 0.988 bits per heavy atom. The number of amides is 4. The number of hydrogen-bond acceptors (Lipinski definition) is 13. The highest BCUT2D eigenvalue weighted by Gasteiger charge is 2.30. The van der Waals surface area contributed by atoms with Crippen LogP contribution in [0.1, 0.15) is 49.9 Å². The summed E-state index contributed by atoms with van der Waals surface area (Å²) >= 11 is 3.41. The summed E-state index contributed by atoms with van der Waals surface area (Å²) in [5, 5.41) is 1.53. The van der Waals surface area contributed by atoms with Gasteiger partial charge >= 0.3 is 19.3 Å². The fraction of sp³-hybridized carbons (Fsp3) is 0.383. The van der Waals surface area contributed by atoms with E-state index in [0.717, 1.165) is 33.4 Å². The molecule has 3 aliphatic heterocycles. The minimum Gasteiger partial charge on any atom is -0.434 e. The predicted molar refractivity (Wildman–Crippen MR) is 320 cm³/mol. The number of halogens is 5. The van der Waals surface area contributed by atoms with Gasteiger partial charge in [0.15, 0.2) is 0 Å². The number of piperazine rings is 2. The molecule has 0 spiro atoms. The van der Waals surface area contributed by atoms with E-state index >= 15 is 0 Å². The van der Waals surface area contributed by atoms with Crippen molar-refractivity contribution in [1.82, 2.24) is 58.3 Å². The molecule has 0 N–H and O–H groups in total. The molecule has 0 unspecified atom stereocenters. The van der Waals surface area contributed by atoms with E-state index in [1.54, 1.807) is 115 Å². The average molecular weight is 1250 g/mol. The molecule has 3 fully saturated rings. The van der Waals surface area contributed by atoms with Crippen LogP contribution in [0.2, 0.25) is 0 Å². The number of rotatable bonds is 15. The molecule has 26 heteroatoms. The minimum atomic E-state index is -3.03. The number of urea groups is 1. The lowest BCUT2D eigenvalue weighted by Crippen LogP contribution is -2.53. The Morgan fingerprint density at radius 1 is 0.558 bits per heavy atom. The molecule has 7 heterocycles. The summed E-state index contributed by atoms with van der Waals surface area (Å²) in [6.45, 7) is 6.69. The molecule has 2 atom stereocenters. The van der Waals surface area contributed by atoms with Gasteiger partial charge in [0.05, 0.1) is 34.9 Å². The fourth-order valence-electron chi connectivity index (χ4n) is 11.5. The number of carbonyl (C=O) groups excluding carboxylic acids is 3. The smallest absolute Gasteiger partial charge is 0.387 e. The van der Waals surface area contributed by atoms with Crippen molar-refractivity contribution in [3.8, 4) is 33.8 Å². The third-order valence-corrected chi connectivity index (χ3v) is 16.7. The topological polar surface area (TPSA) is 195 Å². The quantitative estimate of drug-likeness (QED) is 0.0715. The van der Waals surface area contributed by atoms with Crippen LogP contribution in [0.3, 0.4) is 0 Å². The minimum absolute atomic E-state index is 0.00323. The molecule has 8 aromatic rings.